The normalized spacial score (nSPS) is 11.4. The lowest BCUT2D eigenvalue weighted by Crippen LogP contribution is -2.21. The Morgan fingerprint density at radius 3 is 2.15 bits per heavy atom. The Labute approximate surface area is 79.6 Å². The fourth-order valence-electron chi connectivity index (χ4n) is 1.18. The third-order valence-corrected chi connectivity index (χ3v) is 2.35. The van der Waals surface area contributed by atoms with Crippen LogP contribution in [0.3, 0.4) is 0 Å². The second kappa shape index (κ2) is 3.79. The standard InChI is InChI=1S/C11H17NO/c1-11(2,8-13)9-4-6-10(12-3)7-5-9/h4-7,12-13H,8H2,1-3H3. The smallest absolute Gasteiger partial charge is 0.0522 e. The van der Waals surface area contributed by atoms with Crippen molar-refractivity contribution in [2.45, 2.75) is 19.3 Å². The number of benzene rings is 1. The highest BCUT2D eigenvalue weighted by Crippen LogP contribution is 2.23. The number of aliphatic hydroxyl groups is 1. The molecule has 0 aromatic heterocycles. The van der Waals surface area contributed by atoms with Gasteiger partial charge in [0, 0.05) is 18.2 Å². The molecule has 2 heteroatoms. The minimum absolute atomic E-state index is 0.147. The maximum Gasteiger partial charge on any atom is 0.0522 e. The van der Waals surface area contributed by atoms with Gasteiger partial charge in [-0.15, -0.1) is 0 Å². The molecule has 2 N–H and O–H groups in total. The second-order valence-corrected chi connectivity index (χ2v) is 3.87. The van der Waals surface area contributed by atoms with Crippen LogP contribution in [0, 0.1) is 0 Å². The van der Waals surface area contributed by atoms with Crippen molar-refractivity contribution in [1.82, 2.24) is 0 Å². The van der Waals surface area contributed by atoms with Gasteiger partial charge in [-0.2, -0.15) is 0 Å². The van der Waals surface area contributed by atoms with Crippen LogP contribution in [-0.4, -0.2) is 18.8 Å². The summed E-state index contributed by atoms with van der Waals surface area (Å²) < 4.78 is 0. The van der Waals surface area contributed by atoms with Crippen LogP contribution in [0.15, 0.2) is 24.3 Å². The van der Waals surface area contributed by atoms with Crippen molar-refractivity contribution in [3.63, 3.8) is 0 Å². The van der Waals surface area contributed by atoms with Gasteiger partial charge in [0.15, 0.2) is 0 Å². The van der Waals surface area contributed by atoms with Crippen molar-refractivity contribution in [3.8, 4) is 0 Å². The number of anilines is 1. The van der Waals surface area contributed by atoms with Crippen molar-refractivity contribution in [1.29, 1.82) is 0 Å². The van der Waals surface area contributed by atoms with E-state index in [1.165, 1.54) is 0 Å². The Hall–Kier alpha value is -1.02. The molecule has 0 aliphatic rings. The van der Waals surface area contributed by atoms with Crippen LogP contribution in [0.4, 0.5) is 5.69 Å². The topological polar surface area (TPSA) is 32.3 Å². The molecule has 0 saturated heterocycles. The third kappa shape index (κ3) is 2.22. The molecular formula is C11H17NO. The van der Waals surface area contributed by atoms with Crippen molar-refractivity contribution >= 4 is 5.69 Å². The largest absolute Gasteiger partial charge is 0.395 e. The van der Waals surface area contributed by atoms with Crippen LogP contribution in [-0.2, 0) is 5.41 Å². The number of nitrogens with one attached hydrogen (secondary N) is 1. The Morgan fingerprint density at radius 1 is 1.23 bits per heavy atom. The maximum absolute atomic E-state index is 9.16. The van der Waals surface area contributed by atoms with Gasteiger partial charge in [-0.05, 0) is 17.7 Å². The molecular weight excluding hydrogens is 162 g/mol. The number of hydrogen-bond donors (Lipinski definition) is 2. The van der Waals surface area contributed by atoms with Gasteiger partial charge in [0.25, 0.3) is 0 Å². The van der Waals surface area contributed by atoms with E-state index in [-0.39, 0.29) is 12.0 Å². The van der Waals surface area contributed by atoms with E-state index in [2.05, 4.69) is 5.32 Å². The van der Waals surface area contributed by atoms with E-state index in [4.69, 9.17) is 5.11 Å². The lowest BCUT2D eigenvalue weighted by atomic mass is 9.86. The van der Waals surface area contributed by atoms with Crippen LogP contribution in [0.5, 0.6) is 0 Å². The first kappa shape index (κ1) is 10.1. The van der Waals surface area contributed by atoms with Crippen LogP contribution < -0.4 is 5.32 Å². The first-order valence-electron chi connectivity index (χ1n) is 4.49. The zero-order chi connectivity index (χ0) is 9.90. The summed E-state index contributed by atoms with van der Waals surface area (Å²) in [6.07, 6.45) is 0. The highest BCUT2D eigenvalue weighted by molar-refractivity contribution is 5.45. The van der Waals surface area contributed by atoms with Gasteiger partial charge in [-0.1, -0.05) is 26.0 Å². The number of hydrogen-bond acceptors (Lipinski definition) is 2. The minimum atomic E-state index is -0.147. The van der Waals surface area contributed by atoms with E-state index in [1.807, 2.05) is 45.2 Å². The predicted octanol–water partition coefficient (Wildman–Crippen LogP) is 2.00. The van der Waals surface area contributed by atoms with Crippen LogP contribution in [0.1, 0.15) is 19.4 Å². The quantitative estimate of drug-likeness (QED) is 0.743. The van der Waals surface area contributed by atoms with Gasteiger partial charge in [-0.3, -0.25) is 0 Å². The van der Waals surface area contributed by atoms with Gasteiger partial charge in [0.05, 0.1) is 6.61 Å². The second-order valence-electron chi connectivity index (χ2n) is 3.87. The molecule has 0 spiro atoms. The summed E-state index contributed by atoms with van der Waals surface area (Å²) in [5.74, 6) is 0. The lowest BCUT2D eigenvalue weighted by molar-refractivity contribution is 0.218. The fourth-order valence-corrected chi connectivity index (χ4v) is 1.18. The molecule has 0 aliphatic carbocycles. The average molecular weight is 179 g/mol. The zero-order valence-electron chi connectivity index (χ0n) is 8.46. The Bertz CT molecular complexity index is 264. The molecule has 0 aliphatic heterocycles. The summed E-state index contributed by atoms with van der Waals surface area (Å²) in [5.41, 5.74) is 2.11. The Balaban J connectivity index is 2.92. The SMILES string of the molecule is CNc1ccc(C(C)(C)CO)cc1. The Kier molecular flexibility index (Phi) is 2.94. The molecule has 0 saturated carbocycles. The summed E-state index contributed by atoms with van der Waals surface area (Å²) in [7, 11) is 1.90. The monoisotopic (exact) mass is 179 g/mol. The molecule has 13 heavy (non-hydrogen) atoms. The molecule has 0 radical (unpaired) electrons. The van der Waals surface area contributed by atoms with E-state index in [9.17, 15) is 0 Å². The molecule has 0 bridgehead atoms. The highest BCUT2D eigenvalue weighted by atomic mass is 16.3. The first-order chi connectivity index (χ1) is 6.10. The molecule has 2 nitrogen and oxygen atoms in total. The molecule has 72 valence electrons. The zero-order valence-corrected chi connectivity index (χ0v) is 8.46. The van der Waals surface area contributed by atoms with Crippen LogP contribution in [0.2, 0.25) is 0 Å². The van der Waals surface area contributed by atoms with Crippen LogP contribution >= 0.6 is 0 Å². The third-order valence-electron chi connectivity index (χ3n) is 2.35. The number of aliphatic hydroxyl groups excluding tert-OH is 1. The highest BCUT2D eigenvalue weighted by Gasteiger charge is 2.18. The lowest BCUT2D eigenvalue weighted by Gasteiger charge is -2.22. The van der Waals surface area contributed by atoms with E-state index in [0.29, 0.717) is 0 Å². The van der Waals surface area contributed by atoms with Gasteiger partial charge in [0.2, 0.25) is 0 Å². The summed E-state index contributed by atoms with van der Waals surface area (Å²) in [6, 6.07) is 8.13. The molecule has 0 atom stereocenters. The molecule has 0 heterocycles. The number of rotatable bonds is 3. The molecule has 1 rings (SSSR count). The van der Waals surface area contributed by atoms with Crippen molar-refractivity contribution < 1.29 is 5.11 Å². The van der Waals surface area contributed by atoms with E-state index < -0.39 is 0 Å². The van der Waals surface area contributed by atoms with E-state index >= 15 is 0 Å². The molecule has 1 aromatic rings. The maximum atomic E-state index is 9.16. The Morgan fingerprint density at radius 2 is 1.77 bits per heavy atom. The van der Waals surface area contributed by atoms with Crippen molar-refractivity contribution in [2.24, 2.45) is 0 Å². The van der Waals surface area contributed by atoms with Gasteiger partial charge in [0.1, 0.15) is 0 Å². The molecule has 0 unspecified atom stereocenters. The first-order valence-corrected chi connectivity index (χ1v) is 4.49. The van der Waals surface area contributed by atoms with Gasteiger partial charge >= 0.3 is 0 Å². The van der Waals surface area contributed by atoms with E-state index in [0.717, 1.165) is 11.3 Å². The summed E-state index contributed by atoms with van der Waals surface area (Å²) in [5, 5.41) is 12.2. The van der Waals surface area contributed by atoms with Gasteiger partial charge in [-0.25, -0.2) is 0 Å². The fraction of sp³-hybridized carbons (Fsp3) is 0.455. The average Bonchev–Trinajstić information content (AvgIpc) is 2.18. The summed E-state index contributed by atoms with van der Waals surface area (Å²) >= 11 is 0. The van der Waals surface area contributed by atoms with Crippen molar-refractivity contribution in [3.05, 3.63) is 29.8 Å². The van der Waals surface area contributed by atoms with Crippen molar-refractivity contribution in [2.75, 3.05) is 19.0 Å². The minimum Gasteiger partial charge on any atom is -0.395 e. The molecule has 0 fully saturated rings. The summed E-state index contributed by atoms with van der Waals surface area (Å²) in [6.45, 7) is 4.23. The molecule has 0 amide bonds. The molecule has 1 aromatic carbocycles. The summed E-state index contributed by atoms with van der Waals surface area (Å²) in [4.78, 5) is 0. The van der Waals surface area contributed by atoms with E-state index in [1.54, 1.807) is 0 Å². The van der Waals surface area contributed by atoms with Gasteiger partial charge < -0.3 is 10.4 Å². The van der Waals surface area contributed by atoms with Crippen LogP contribution in [0.25, 0.3) is 0 Å². The predicted molar refractivity (Wildman–Crippen MR) is 56.1 cm³/mol.